The van der Waals surface area contributed by atoms with Gasteiger partial charge in [0.15, 0.2) is 5.65 Å². The van der Waals surface area contributed by atoms with Crippen molar-refractivity contribution in [2.45, 2.75) is 6.92 Å². The van der Waals surface area contributed by atoms with Crippen molar-refractivity contribution in [1.29, 1.82) is 0 Å². The van der Waals surface area contributed by atoms with Gasteiger partial charge >= 0.3 is 0 Å². The van der Waals surface area contributed by atoms with Crippen LogP contribution in [0.2, 0.25) is 0 Å². The van der Waals surface area contributed by atoms with Crippen LogP contribution in [0.25, 0.3) is 5.65 Å². The maximum Gasteiger partial charge on any atom is 0.171 e. The van der Waals surface area contributed by atoms with Crippen LogP contribution in [-0.4, -0.2) is 14.4 Å². The van der Waals surface area contributed by atoms with Gasteiger partial charge in [0.2, 0.25) is 0 Å². The molecule has 2 aromatic rings. The van der Waals surface area contributed by atoms with Gasteiger partial charge in [-0.2, -0.15) is 0 Å². The van der Waals surface area contributed by atoms with Gasteiger partial charge in [0.25, 0.3) is 0 Å². The summed E-state index contributed by atoms with van der Waals surface area (Å²) in [6, 6.07) is 0. The average Bonchev–Trinajstić information content (AvgIpc) is 2.42. The number of fused-ring (bicyclic) bond motifs is 1. The Labute approximate surface area is 86.1 Å². The van der Waals surface area contributed by atoms with Gasteiger partial charge in [-0.1, -0.05) is 0 Å². The number of hydrogen-bond donors (Lipinski definition) is 0. The first-order valence-corrected chi connectivity index (χ1v) is 4.93. The minimum atomic E-state index is 0.763. The number of aryl methyl sites for hydroxylation is 1. The van der Waals surface area contributed by atoms with Crippen LogP contribution >= 0.6 is 31.9 Å². The molecule has 0 bridgehead atoms. The fourth-order valence-electron chi connectivity index (χ4n) is 1.08. The maximum absolute atomic E-state index is 4.20. The van der Waals surface area contributed by atoms with Gasteiger partial charge in [-0.15, -0.1) is 0 Å². The second kappa shape index (κ2) is 2.81. The summed E-state index contributed by atoms with van der Waals surface area (Å²) in [4.78, 5) is 8.31. The van der Waals surface area contributed by atoms with Crippen molar-refractivity contribution in [3.63, 3.8) is 0 Å². The lowest BCUT2D eigenvalue weighted by atomic mass is 10.5. The van der Waals surface area contributed by atoms with E-state index >= 15 is 0 Å². The Morgan fingerprint density at radius 2 is 2.00 bits per heavy atom. The molecule has 0 aliphatic carbocycles. The van der Waals surface area contributed by atoms with Crippen LogP contribution in [0.3, 0.4) is 0 Å². The molecule has 0 amide bonds. The highest BCUT2D eigenvalue weighted by molar-refractivity contribution is 9.11. The van der Waals surface area contributed by atoms with Gasteiger partial charge in [0, 0.05) is 11.9 Å². The van der Waals surface area contributed by atoms with Crippen molar-refractivity contribution in [3.8, 4) is 0 Å². The van der Waals surface area contributed by atoms with E-state index in [1.165, 1.54) is 0 Å². The Balaban J connectivity index is 2.98. The van der Waals surface area contributed by atoms with E-state index in [1.807, 2.05) is 17.5 Å². The van der Waals surface area contributed by atoms with Crippen molar-refractivity contribution in [1.82, 2.24) is 14.4 Å². The SMILES string of the molecule is Cc1cnc2c(Br)ncc(Br)n12. The zero-order chi connectivity index (χ0) is 8.72. The van der Waals surface area contributed by atoms with E-state index in [0.717, 1.165) is 20.5 Å². The highest BCUT2D eigenvalue weighted by atomic mass is 79.9. The standard InChI is InChI=1S/C7H5Br2N3/c1-4-2-11-7-6(9)10-3-5(8)12(4)7/h2-3H,1H3. The van der Waals surface area contributed by atoms with Crippen LogP contribution in [-0.2, 0) is 0 Å². The predicted octanol–water partition coefficient (Wildman–Crippen LogP) is 2.56. The van der Waals surface area contributed by atoms with Gasteiger partial charge in [0.1, 0.15) is 9.21 Å². The van der Waals surface area contributed by atoms with E-state index in [4.69, 9.17) is 0 Å². The van der Waals surface area contributed by atoms with Gasteiger partial charge in [-0.3, -0.25) is 4.40 Å². The summed E-state index contributed by atoms with van der Waals surface area (Å²) in [6.07, 6.45) is 3.55. The molecule has 2 rings (SSSR count). The van der Waals surface area contributed by atoms with Crippen LogP contribution in [0.5, 0.6) is 0 Å². The second-order valence-corrected chi connectivity index (χ2v) is 3.99. The molecule has 0 fully saturated rings. The highest BCUT2D eigenvalue weighted by Crippen LogP contribution is 2.20. The molecular formula is C7H5Br2N3. The molecule has 0 aromatic carbocycles. The van der Waals surface area contributed by atoms with E-state index in [1.54, 1.807) is 6.20 Å². The number of aromatic nitrogens is 3. The van der Waals surface area contributed by atoms with Crippen molar-refractivity contribution in [3.05, 3.63) is 27.3 Å². The molecule has 12 heavy (non-hydrogen) atoms. The third kappa shape index (κ3) is 1.08. The molecular weight excluding hydrogens is 286 g/mol. The number of rotatable bonds is 0. The fourth-order valence-corrected chi connectivity index (χ4v) is 2.01. The van der Waals surface area contributed by atoms with Crippen molar-refractivity contribution < 1.29 is 0 Å². The summed E-state index contributed by atoms with van der Waals surface area (Å²) >= 11 is 6.73. The second-order valence-electron chi connectivity index (χ2n) is 2.43. The van der Waals surface area contributed by atoms with Crippen molar-refractivity contribution >= 4 is 37.5 Å². The van der Waals surface area contributed by atoms with Crippen LogP contribution < -0.4 is 0 Å². The summed E-state index contributed by atoms with van der Waals surface area (Å²) < 4.78 is 3.66. The van der Waals surface area contributed by atoms with Gasteiger partial charge in [-0.05, 0) is 38.8 Å². The first-order valence-electron chi connectivity index (χ1n) is 3.34. The molecule has 3 nitrogen and oxygen atoms in total. The monoisotopic (exact) mass is 289 g/mol. The molecule has 0 spiro atoms. The Morgan fingerprint density at radius 1 is 1.25 bits per heavy atom. The lowest BCUT2D eigenvalue weighted by molar-refractivity contribution is 1.03. The number of hydrogen-bond acceptors (Lipinski definition) is 2. The molecule has 0 aliphatic rings. The minimum absolute atomic E-state index is 0.763. The maximum atomic E-state index is 4.20. The first kappa shape index (κ1) is 8.19. The molecule has 0 N–H and O–H groups in total. The van der Waals surface area contributed by atoms with Gasteiger partial charge in [0.05, 0.1) is 6.20 Å². The Bertz CT molecular complexity index is 435. The predicted molar refractivity (Wildman–Crippen MR) is 53.1 cm³/mol. The normalized spacial score (nSPS) is 10.9. The first-order chi connectivity index (χ1) is 5.70. The molecule has 0 unspecified atom stereocenters. The molecule has 0 saturated heterocycles. The van der Waals surface area contributed by atoms with Crippen LogP contribution in [0.4, 0.5) is 0 Å². The van der Waals surface area contributed by atoms with Crippen molar-refractivity contribution in [2.75, 3.05) is 0 Å². The molecule has 0 aliphatic heterocycles. The van der Waals surface area contributed by atoms with E-state index < -0.39 is 0 Å². The Hall–Kier alpha value is -0.420. The summed E-state index contributed by atoms with van der Waals surface area (Å²) in [7, 11) is 0. The average molecular weight is 291 g/mol. The van der Waals surface area contributed by atoms with Crippen LogP contribution in [0, 0.1) is 6.92 Å². The lowest BCUT2D eigenvalue weighted by Crippen LogP contribution is -1.92. The van der Waals surface area contributed by atoms with Crippen LogP contribution in [0.15, 0.2) is 21.6 Å². The topological polar surface area (TPSA) is 30.2 Å². The molecule has 0 saturated carbocycles. The van der Waals surface area contributed by atoms with Crippen LogP contribution in [0.1, 0.15) is 5.69 Å². The van der Waals surface area contributed by atoms with E-state index in [2.05, 4.69) is 41.8 Å². The zero-order valence-corrected chi connectivity index (χ0v) is 9.42. The van der Waals surface area contributed by atoms with Crippen molar-refractivity contribution in [2.24, 2.45) is 0 Å². The molecule has 0 radical (unpaired) electrons. The molecule has 0 atom stereocenters. The third-order valence-electron chi connectivity index (χ3n) is 1.62. The largest absolute Gasteiger partial charge is 0.288 e. The Morgan fingerprint density at radius 3 is 2.67 bits per heavy atom. The Kier molecular flexibility index (Phi) is 1.92. The van der Waals surface area contributed by atoms with E-state index in [-0.39, 0.29) is 0 Å². The summed E-state index contributed by atoms with van der Waals surface area (Å²) in [5.41, 5.74) is 1.92. The van der Waals surface area contributed by atoms with E-state index in [9.17, 15) is 0 Å². The van der Waals surface area contributed by atoms with Gasteiger partial charge in [-0.25, -0.2) is 9.97 Å². The molecule has 5 heteroatoms. The smallest absolute Gasteiger partial charge is 0.171 e. The number of nitrogens with zero attached hydrogens (tertiary/aromatic N) is 3. The molecule has 62 valence electrons. The number of imidazole rings is 1. The summed E-state index contributed by atoms with van der Waals surface area (Å²) in [5.74, 6) is 0. The number of halogens is 2. The third-order valence-corrected chi connectivity index (χ3v) is 2.74. The van der Waals surface area contributed by atoms with E-state index in [0.29, 0.717) is 0 Å². The molecule has 2 aromatic heterocycles. The van der Waals surface area contributed by atoms with Gasteiger partial charge < -0.3 is 0 Å². The summed E-state index contributed by atoms with van der Waals surface area (Å²) in [5, 5.41) is 0. The fraction of sp³-hybridized carbons (Fsp3) is 0.143. The quantitative estimate of drug-likeness (QED) is 0.746. The highest BCUT2D eigenvalue weighted by Gasteiger charge is 2.06. The minimum Gasteiger partial charge on any atom is -0.288 e. The zero-order valence-electron chi connectivity index (χ0n) is 6.25. The molecule has 2 heterocycles. The summed E-state index contributed by atoms with van der Waals surface area (Å²) in [6.45, 7) is 2.00. The lowest BCUT2D eigenvalue weighted by Gasteiger charge is -1.99.